The fraction of sp³-hybridized carbons (Fsp3) is 0.188. The fourth-order valence-corrected chi connectivity index (χ4v) is 2.57. The van der Waals surface area contributed by atoms with Crippen molar-refractivity contribution < 1.29 is 0 Å². The minimum atomic E-state index is 0.728. The van der Waals surface area contributed by atoms with Gasteiger partial charge in [-0.15, -0.1) is 0 Å². The van der Waals surface area contributed by atoms with E-state index in [-0.39, 0.29) is 0 Å². The zero-order valence-electron chi connectivity index (χ0n) is 11.5. The topological polar surface area (TPSA) is 43.8 Å². The molecule has 3 nitrogen and oxygen atoms in total. The third-order valence-corrected chi connectivity index (χ3v) is 3.89. The van der Waals surface area contributed by atoms with Gasteiger partial charge in [-0.2, -0.15) is 0 Å². The van der Waals surface area contributed by atoms with Crippen molar-refractivity contribution in [2.24, 2.45) is 0 Å². The Morgan fingerprint density at radius 3 is 2.70 bits per heavy atom. The summed E-state index contributed by atoms with van der Waals surface area (Å²) < 4.78 is 2.14. The first-order chi connectivity index (χ1) is 9.60. The van der Waals surface area contributed by atoms with Gasteiger partial charge in [-0.3, -0.25) is 4.57 Å². The lowest BCUT2D eigenvalue weighted by atomic mass is 10.2. The number of aryl methyl sites for hydroxylation is 2. The molecule has 3 rings (SSSR count). The number of aromatic nitrogens is 2. The van der Waals surface area contributed by atoms with Gasteiger partial charge in [-0.25, -0.2) is 4.98 Å². The quantitative estimate of drug-likeness (QED) is 0.720. The van der Waals surface area contributed by atoms with E-state index in [2.05, 4.69) is 22.5 Å². The van der Waals surface area contributed by atoms with Crippen LogP contribution in [0, 0.1) is 6.92 Å². The number of fused-ring (bicyclic) bond motifs is 1. The summed E-state index contributed by atoms with van der Waals surface area (Å²) in [5.41, 5.74) is 10.6. The summed E-state index contributed by atoms with van der Waals surface area (Å²) >= 11 is 6.25. The molecular formula is C16H16ClN3. The third-order valence-electron chi connectivity index (χ3n) is 3.48. The van der Waals surface area contributed by atoms with E-state index in [0.717, 1.165) is 45.2 Å². The minimum Gasteiger partial charge on any atom is -0.399 e. The zero-order chi connectivity index (χ0) is 14.3. The van der Waals surface area contributed by atoms with Gasteiger partial charge in [0.25, 0.3) is 0 Å². The highest BCUT2D eigenvalue weighted by Gasteiger charge is 2.12. The van der Waals surface area contributed by atoms with E-state index in [4.69, 9.17) is 17.3 Å². The highest BCUT2D eigenvalue weighted by Crippen LogP contribution is 2.26. The molecular weight excluding hydrogens is 270 g/mol. The van der Waals surface area contributed by atoms with E-state index < -0.39 is 0 Å². The molecule has 0 unspecified atom stereocenters. The Balaban J connectivity index is 2.30. The number of nitrogens with two attached hydrogens (primary N) is 1. The predicted molar refractivity (Wildman–Crippen MR) is 84.6 cm³/mol. The number of halogens is 1. The van der Waals surface area contributed by atoms with Gasteiger partial charge in [0.15, 0.2) is 0 Å². The number of anilines is 1. The average molecular weight is 286 g/mol. The van der Waals surface area contributed by atoms with Crippen molar-refractivity contribution >= 4 is 28.3 Å². The summed E-state index contributed by atoms with van der Waals surface area (Å²) in [6.07, 6.45) is 0.847. The van der Waals surface area contributed by atoms with Gasteiger partial charge in [-0.05, 0) is 42.8 Å². The van der Waals surface area contributed by atoms with E-state index in [1.807, 2.05) is 37.3 Å². The summed E-state index contributed by atoms with van der Waals surface area (Å²) in [4.78, 5) is 4.66. The third kappa shape index (κ3) is 2.04. The Kier molecular flexibility index (Phi) is 3.14. The molecule has 0 atom stereocenters. The van der Waals surface area contributed by atoms with Gasteiger partial charge in [-0.1, -0.05) is 24.6 Å². The molecule has 0 aliphatic heterocycles. The number of nitrogen functional groups attached to an aromatic ring is 1. The molecule has 0 radical (unpaired) electrons. The molecule has 0 spiro atoms. The van der Waals surface area contributed by atoms with E-state index in [1.165, 1.54) is 0 Å². The number of hydrogen-bond donors (Lipinski definition) is 1. The molecule has 1 aromatic heterocycles. The Morgan fingerprint density at radius 2 is 2.00 bits per heavy atom. The number of hydrogen-bond acceptors (Lipinski definition) is 2. The van der Waals surface area contributed by atoms with E-state index in [9.17, 15) is 0 Å². The zero-order valence-corrected chi connectivity index (χ0v) is 12.3. The van der Waals surface area contributed by atoms with Crippen LogP contribution in [0.1, 0.15) is 18.3 Å². The van der Waals surface area contributed by atoms with Crippen molar-refractivity contribution in [3.8, 4) is 5.69 Å². The van der Waals surface area contributed by atoms with Crippen LogP contribution in [0.5, 0.6) is 0 Å². The van der Waals surface area contributed by atoms with Crippen LogP contribution in [0.25, 0.3) is 16.7 Å². The predicted octanol–water partition coefficient (Wildman–Crippen LogP) is 4.13. The van der Waals surface area contributed by atoms with E-state index in [1.54, 1.807) is 0 Å². The molecule has 1 heterocycles. The second kappa shape index (κ2) is 4.84. The number of benzene rings is 2. The highest BCUT2D eigenvalue weighted by molar-refractivity contribution is 6.31. The number of rotatable bonds is 2. The first kappa shape index (κ1) is 13.0. The van der Waals surface area contributed by atoms with Crippen molar-refractivity contribution in [1.29, 1.82) is 0 Å². The van der Waals surface area contributed by atoms with Crippen molar-refractivity contribution in [3.63, 3.8) is 0 Å². The lowest BCUT2D eigenvalue weighted by Crippen LogP contribution is -2.00. The van der Waals surface area contributed by atoms with Gasteiger partial charge >= 0.3 is 0 Å². The molecule has 0 bridgehead atoms. The molecule has 0 aliphatic rings. The maximum absolute atomic E-state index is 6.25. The van der Waals surface area contributed by atoms with Crippen molar-refractivity contribution in [1.82, 2.24) is 9.55 Å². The summed E-state index contributed by atoms with van der Waals surface area (Å²) in [6, 6.07) is 11.9. The van der Waals surface area contributed by atoms with Crippen LogP contribution in [0.3, 0.4) is 0 Å². The monoisotopic (exact) mass is 285 g/mol. The number of imidazole rings is 1. The first-order valence-electron chi connectivity index (χ1n) is 6.63. The molecule has 0 fully saturated rings. The molecule has 0 saturated carbocycles. The maximum atomic E-state index is 6.25. The molecule has 0 amide bonds. The van der Waals surface area contributed by atoms with Gasteiger partial charge in [0.05, 0.1) is 11.0 Å². The van der Waals surface area contributed by atoms with Crippen LogP contribution >= 0.6 is 11.6 Å². The van der Waals surface area contributed by atoms with Crippen LogP contribution in [0.2, 0.25) is 5.02 Å². The van der Waals surface area contributed by atoms with Gasteiger partial charge in [0.2, 0.25) is 0 Å². The van der Waals surface area contributed by atoms with Gasteiger partial charge in [0.1, 0.15) is 5.82 Å². The maximum Gasteiger partial charge on any atom is 0.114 e. The van der Waals surface area contributed by atoms with Crippen LogP contribution in [-0.4, -0.2) is 9.55 Å². The molecule has 102 valence electrons. The Hall–Kier alpha value is -2.00. The minimum absolute atomic E-state index is 0.728. The van der Waals surface area contributed by atoms with Gasteiger partial charge < -0.3 is 5.73 Å². The molecule has 4 heteroatoms. The SMILES string of the molecule is CCc1nc2cc(N)ccc2n1-c1ccc(C)c(Cl)c1. The smallest absolute Gasteiger partial charge is 0.114 e. The van der Waals surface area contributed by atoms with Crippen LogP contribution in [-0.2, 0) is 6.42 Å². The molecule has 3 aromatic rings. The average Bonchev–Trinajstić information content (AvgIpc) is 2.79. The van der Waals surface area contributed by atoms with Gasteiger partial charge in [0, 0.05) is 22.8 Å². The second-order valence-corrected chi connectivity index (χ2v) is 5.31. The summed E-state index contributed by atoms with van der Waals surface area (Å²) in [7, 11) is 0. The first-order valence-corrected chi connectivity index (χ1v) is 7.01. The van der Waals surface area contributed by atoms with Crippen molar-refractivity contribution in [2.45, 2.75) is 20.3 Å². The highest BCUT2D eigenvalue weighted by atomic mass is 35.5. The standard InChI is InChI=1S/C16H16ClN3/c1-3-16-19-14-8-11(18)5-7-15(14)20(16)12-6-4-10(2)13(17)9-12/h4-9H,3,18H2,1-2H3. The molecule has 0 saturated heterocycles. The fourth-order valence-electron chi connectivity index (χ4n) is 2.39. The van der Waals surface area contributed by atoms with Crippen molar-refractivity contribution in [3.05, 3.63) is 52.8 Å². The van der Waals surface area contributed by atoms with Crippen LogP contribution in [0.15, 0.2) is 36.4 Å². The Bertz CT molecular complexity index is 790. The molecule has 2 N–H and O–H groups in total. The molecule has 20 heavy (non-hydrogen) atoms. The molecule has 0 aliphatic carbocycles. The lowest BCUT2D eigenvalue weighted by molar-refractivity contribution is 0.908. The summed E-state index contributed by atoms with van der Waals surface area (Å²) in [6.45, 7) is 4.09. The Labute approximate surface area is 123 Å². The van der Waals surface area contributed by atoms with Crippen LogP contribution in [0.4, 0.5) is 5.69 Å². The van der Waals surface area contributed by atoms with E-state index in [0.29, 0.717) is 0 Å². The summed E-state index contributed by atoms with van der Waals surface area (Å²) in [5.74, 6) is 1.01. The van der Waals surface area contributed by atoms with Crippen LogP contribution < -0.4 is 5.73 Å². The normalized spacial score (nSPS) is 11.2. The number of nitrogens with zero attached hydrogens (tertiary/aromatic N) is 2. The van der Waals surface area contributed by atoms with E-state index >= 15 is 0 Å². The van der Waals surface area contributed by atoms with Crippen molar-refractivity contribution in [2.75, 3.05) is 5.73 Å². The molecule has 2 aromatic carbocycles. The summed E-state index contributed by atoms with van der Waals surface area (Å²) in [5, 5.41) is 0.766. The second-order valence-electron chi connectivity index (χ2n) is 4.90. The Morgan fingerprint density at radius 1 is 1.20 bits per heavy atom. The largest absolute Gasteiger partial charge is 0.399 e. The lowest BCUT2D eigenvalue weighted by Gasteiger charge is -2.10.